The van der Waals surface area contributed by atoms with Crippen molar-refractivity contribution in [3.63, 3.8) is 0 Å². The second-order valence-electron chi connectivity index (χ2n) is 6.97. The number of para-hydroxylation sites is 2. The third-order valence-corrected chi connectivity index (χ3v) is 3.92. The van der Waals surface area contributed by atoms with E-state index < -0.39 is 0 Å². The number of ether oxygens (including phenoxy) is 1. The average Bonchev–Trinajstić information content (AvgIpc) is 3.14. The van der Waals surface area contributed by atoms with Gasteiger partial charge in [-0.1, -0.05) is 45.0 Å². The largest absolute Gasteiger partial charge is 0.481 e. The molecule has 0 aliphatic rings. The molecule has 1 aromatic heterocycles. The lowest BCUT2D eigenvalue weighted by atomic mass is 9.87. The van der Waals surface area contributed by atoms with Gasteiger partial charge in [-0.25, -0.2) is 9.67 Å². The highest BCUT2D eigenvalue weighted by Gasteiger charge is 2.13. The standard InChI is InChI=1S/C20H22N4O2/c1-20(2,3)15-8-10-16(11-9-15)23-19(25)12-26-18-7-5-4-6-17(18)24-14-21-13-22-24/h4-11,13-14H,12H2,1-3H3,(H,23,25). The zero-order valence-electron chi connectivity index (χ0n) is 15.1. The van der Waals surface area contributed by atoms with Crippen molar-refractivity contribution in [2.45, 2.75) is 26.2 Å². The molecule has 0 saturated heterocycles. The molecule has 1 N–H and O–H groups in total. The number of anilines is 1. The smallest absolute Gasteiger partial charge is 0.262 e. The SMILES string of the molecule is CC(C)(C)c1ccc(NC(=O)COc2ccccc2-n2cncn2)cc1. The Morgan fingerprint density at radius 2 is 1.85 bits per heavy atom. The maximum atomic E-state index is 12.2. The summed E-state index contributed by atoms with van der Waals surface area (Å²) < 4.78 is 7.27. The first-order chi connectivity index (χ1) is 12.4. The number of benzene rings is 2. The summed E-state index contributed by atoms with van der Waals surface area (Å²) in [6, 6.07) is 15.2. The van der Waals surface area contributed by atoms with Crippen LogP contribution < -0.4 is 10.1 Å². The number of nitrogens with zero attached hydrogens (tertiary/aromatic N) is 3. The van der Waals surface area contributed by atoms with Gasteiger partial charge in [0.1, 0.15) is 24.1 Å². The minimum Gasteiger partial charge on any atom is -0.481 e. The van der Waals surface area contributed by atoms with Crippen LogP contribution in [0, 0.1) is 0 Å². The van der Waals surface area contributed by atoms with Gasteiger partial charge in [-0.2, -0.15) is 5.10 Å². The fourth-order valence-electron chi connectivity index (χ4n) is 2.50. The van der Waals surface area contributed by atoms with E-state index in [0.29, 0.717) is 5.75 Å². The van der Waals surface area contributed by atoms with E-state index in [1.54, 1.807) is 17.1 Å². The minimum atomic E-state index is -0.220. The summed E-state index contributed by atoms with van der Waals surface area (Å²) >= 11 is 0. The molecule has 3 rings (SSSR count). The molecular weight excluding hydrogens is 328 g/mol. The lowest BCUT2D eigenvalue weighted by Gasteiger charge is -2.19. The summed E-state index contributed by atoms with van der Waals surface area (Å²) in [6.45, 7) is 6.37. The zero-order valence-corrected chi connectivity index (χ0v) is 15.1. The van der Waals surface area contributed by atoms with Gasteiger partial charge in [-0.3, -0.25) is 4.79 Å². The van der Waals surface area contributed by atoms with Crippen molar-refractivity contribution in [3.8, 4) is 11.4 Å². The first-order valence-electron chi connectivity index (χ1n) is 8.41. The molecule has 0 bridgehead atoms. The summed E-state index contributed by atoms with van der Waals surface area (Å²) in [5.74, 6) is 0.345. The molecule has 0 saturated carbocycles. The first kappa shape index (κ1) is 17.7. The maximum Gasteiger partial charge on any atom is 0.262 e. The molecule has 0 unspecified atom stereocenters. The van der Waals surface area contributed by atoms with Crippen LogP contribution in [-0.4, -0.2) is 27.3 Å². The molecule has 6 nitrogen and oxygen atoms in total. The van der Waals surface area contributed by atoms with Crippen LogP contribution in [0.3, 0.4) is 0 Å². The van der Waals surface area contributed by atoms with Crippen LogP contribution in [0.1, 0.15) is 26.3 Å². The highest BCUT2D eigenvalue weighted by Crippen LogP contribution is 2.24. The average molecular weight is 350 g/mol. The third kappa shape index (κ3) is 4.27. The number of aromatic nitrogens is 3. The molecule has 0 radical (unpaired) electrons. The number of nitrogens with one attached hydrogen (secondary N) is 1. The number of hydrogen-bond donors (Lipinski definition) is 1. The van der Waals surface area contributed by atoms with Gasteiger partial charge in [0.15, 0.2) is 6.61 Å². The lowest BCUT2D eigenvalue weighted by molar-refractivity contribution is -0.118. The van der Waals surface area contributed by atoms with E-state index in [2.05, 4.69) is 36.2 Å². The highest BCUT2D eigenvalue weighted by molar-refractivity contribution is 5.91. The summed E-state index contributed by atoms with van der Waals surface area (Å²) in [5, 5.41) is 6.94. The van der Waals surface area contributed by atoms with E-state index in [1.807, 2.05) is 42.5 Å². The van der Waals surface area contributed by atoms with Gasteiger partial charge < -0.3 is 10.1 Å². The van der Waals surface area contributed by atoms with E-state index in [1.165, 1.54) is 11.9 Å². The van der Waals surface area contributed by atoms with Crippen molar-refractivity contribution in [2.24, 2.45) is 0 Å². The number of rotatable bonds is 5. The Kier molecular flexibility index (Phi) is 5.02. The Morgan fingerprint density at radius 1 is 1.12 bits per heavy atom. The second-order valence-corrected chi connectivity index (χ2v) is 6.97. The zero-order chi connectivity index (χ0) is 18.6. The van der Waals surface area contributed by atoms with Gasteiger partial charge in [0.25, 0.3) is 5.91 Å². The molecule has 0 fully saturated rings. The summed E-state index contributed by atoms with van der Waals surface area (Å²) in [5.41, 5.74) is 2.77. The van der Waals surface area contributed by atoms with Gasteiger partial charge in [0, 0.05) is 5.69 Å². The van der Waals surface area contributed by atoms with Gasteiger partial charge >= 0.3 is 0 Å². The number of carbonyl (C=O) groups excluding carboxylic acids is 1. The quantitative estimate of drug-likeness (QED) is 0.763. The van der Waals surface area contributed by atoms with E-state index >= 15 is 0 Å². The Balaban J connectivity index is 1.62. The molecule has 3 aromatic rings. The van der Waals surface area contributed by atoms with E-state index in [9.17, 15) is 4.79 Å². The van der Waals surface area contributed by atoms with Crippen molar-refractivity contribution < 1.29 is 9.53 Å². The predicted octanol–water partition coefficient (Wildman–Crippen LogP) is 3.58. The monoisotopic (exact) mass is 350 g/mol. The molecule has 0 aliphatic heterocycles. The Labute approximate surface area is 152 Å². The van der Waals surface area contributed by atoms with Crippen LogP contribution in [0.4, 0.5) is 5.69 Å². The van der Waals surface area contributed by atoms with Crippen LogP contribution >= 0.6 is 0 Å². The van der Waals surface area contributed by atoms with Crippen molar-refractivity contribution in [1.82, 2.24) is 14.8 Å². The lowest BCUT2D eigenvalue weighted by Crippen LogP contribution is -2.20. The number of hydrogen-bond acceptors (Lipinski definition) is 4. The predicted molar refractivity (Wildman–Crippen MR) is 101 cm³/mol. The minimum absolute atomic E-state index is 0.0801. The molecule has 26 heavy (non-hydrogen) atoms. The Bertz CT molecular complexity index is 866. The van der Waals surface area contributed by atoms with E-state index in [0.717, 1.165) is 11.4 Å². The van der Waals surface area contributed by atoms with Crippen molar-refractivity contribution >= 4 is 11.6 Å². The van der Waals surface area contributed by atoms with Gasteiger partial charge in [-0.15, -0.1) is 0 Å². The van der Waals surface area contributed by atoms with Crippen molar-refractivity contribution in [3.05, 3.63) is 66.7 Å². The number of amides is 1. The van der Waals surface area contributed by atoms with Crippen LogP contribution in [0.25, 0.3) is 5.69 Å². The Morgan fingerprint density at radius 3 is 2.50 bits per heavy atom. The second kappa shape index (κ2) is 7.39. The molecule has 1 amide bonds. The molecule has 2 aromatic carbocycles. The molecule has 0 aliphatic carbocycles. The highest BCUT2D eigenvalue weighted by atomic mass is 16.5. The van der Waals surface area contributed by atoms with Gasteiger partial charge in [-0.05, 0) is 35.2 Å². The molecule has 1 heterocycles. The molecular formula is C20H22N4O2. The fraction of sp³-hybridized carbons (Fsp3) is 0.250. The van der Waals surface area contributed by atoms with Crippen molar-refractivity contribution in [1.29, 1.82) is 0 Å². The molecule has 6 heteroatoms. The maximum absolute atomic E-state index is 12.2. The normalized spacial score (nSPS) is 11.2. The van der Waals surface area contributed by atoms with Gasteiger partial charge in [0.05, 0.1) is 0 Å². The van der Waals surface area contributed by atoms with E-state index in [4.69, 9.17) is 4.74 Å². The topological polar surface area (TPSA) is 69.0 Å². The summed E-state index contributed by atoms with van der Waals surface area (Å²) in [7, 11) is 0. The first-order valence-corrected chi connectivity index (χ1v) is 8.41. The van der Waals surface area contributed by atoms with Crippen LogP contribution in [0.2, 0.25) is 0 Å². The van der Waals surface area contributed by atoms with Crippen LogP contribution in [0.5, 0.6) is 5.75 Å². The summed E-state index contributed by atoms with van der Waals surface area (Å²) in [4.78, 5) is 16.1. The van der Waals surface area contributed by atoms with Gasteiger partial charge in [0.2, 0.25) is 0 Å². The van der Waals surface area contributed by atoms with E-state index in [-0.39, 0.29) is 17.9 Å². The number of carbonyl (C=O) groups is 1. The molecule has 0 atom stereocenters. The van der Waals surface area contributed by atoms with Crippen LogP contribution in [0.15, 0.2) is 61.2 Å². The molecule has 0 spiro atoms. The van der Waals surface area contributed by atoms with Crippen LogP contribution in [-0.2, 0) is 10.2 Å². The summed E-state index contributed by atoms with van der Waals surface area (Å²) in [6.07, 6.45) is 3.03. The fourth-order valence-corrected chi connectivity index (χ4v) is 2.50. The molecule has 134 valence electrons. The Hall–Kier alpha value is -3.15. The van der Waals surface area contributed by atoms with Crippen molar-refractivity contribution in [2.75, 3.05) is 11.9 Å². The third-order valence-electron chi connectivity index (χ3n) is 3.92.